The second kappa shape index (κ2) is 7.51. The van der Waals surface area contributed by atoms with Gasteiger partial charge in [0, 0.05) is 29.7 Å². The van der Waals surface area contributed by atoms with E-state index in [1.54, 1.807) is 12.1 Å². The molecular weight excluding hydrogens is 295 g/mol. The molecule has 3 nitrogen and oxygen atoms in total. The second-order valence-corrected chi connectivity index (χ2v) is 6.32. The normalized spacial score (nSPS) is 18.1. The van der Waals surface area contributed by atoms with Crippen LogP contribution in [0.2, 0.25) is 10.0 Å². The number of halogens is 2. The average molecular weight is 317 g/mol. The molecule has 1 saturated heterocycles. The van der Waals surface area contributed by atoms with Gasteiger partial charge in [-0.2, -0.15) is 0 Å². The van der Waals surface area contributed by atoms with Crippen LogP contribution in [0.5, 0.6) is 5.75 Å². The van der Waals surface area contributed by atoms with E-state index in [0.717, 1.165) is 12.1 Å². The van der Waals surface area contributed by atoms with Crippen molar-refractivity contribution in [2.75, 3.05) is 19.6 Å². The summed E-state index contributed by atoms with van der Waals surface area (Å²) in [5.41, 5.74) is 0.744. The third-order valence-corrected chi connectivity index (χ3v) is 4.38. The Labute approximate surface area is 130 Å². The van der Waals surface area contributed by atoms with Crippen molar-refractivity contribution < 1.29 is 5.11 Å². The Morgan fingerprint density at radius 2 is 1.95 bits per heavy atom. The minimum atomic E-state index is 0.120. The van der Waals surface area contributed by atoms with Crippen LogP contribution in [0.1, 0.15) is 31.7 Å². The number of likely N-dealkylation sites (tertiary alicyclic amines) is 1. The number of nitrogens with zero attached hydrogens (tertiary/aromatic N) is 1. The molecule has 0 aromatic heterocycles. The summed E-state index contributed by atoms with van der Waals surface area (Å²) in [7, 11) is 0. The number of hydrogen-bond donors (Lipinski definition) is 2. The lowest BCUT2D eigenvalue weighted by molar-refractivity contribution is 0.170. The van der Waals surface area contributed by atoms with Crippen molar-refractivity contribution in [3.8, 4) is 5.75 Å². The Kier molecular flexibility index (Phi) is 5.97. The standard InChI is InChI=1S/C15H22Cl2N2O/c1-11(19-5-3-2-4-6-19)9-18-10-12-7-13(16)8-14(17)15(12)20/h7-8,11,18,20H,2-6,9-10H2,1H3. The van der Waals surface area contributed by atoms with Crippen LogP contribution in [0.15, 0.2) is 12.1 Å². The predicted molar refractivity (Wildman–Crippen MR) is 84.7 cm³/mol. The van der Waals surface area contributed by atoms with Crippen LogP contribution >= 0.6 is 23.2 Å². The molecule has 0 spiro atoms. The molecule has 112 valence electrons. The number of rotatable bonds is 5. The van der Waals surface area contributed by atoms with Crippen LogP contribution in [0.25, 0.3) is 0 Å². The van der Waals surface area contributed by atoms with Gasteiger partial charge in [-0.05, 0) is 45.0 Å². The molecular formula is C15H22Cl2N2O. The molecule has 0 aliphatic carbocycles. The Morgan fingerprint density at radius 3 is 2.65 bits per heavy atom. The molecule has 1 unspecified atom stereocenters. The van der Waals surface area contributed by atoms with Crippen molar-refractivity contribution in [1.82, 2.24) is 10.2 Å². The van der Waals surface area contributed by atoms with Crippen molar-refractivity contribution in [3.63, 3.8) is 0 Å². The molecule has 1 atom stereocenters. The van der Waals surface area contributed by atoms with E-state index in [-0.39, 0.29) is 5.75 Å². The van der Waals surface area contributed by atoms with Crippen LogP contribution < -0.4 is 5.32 Å². The Hall–Kier alpha value is -0.480. The van der Waals surface area contributed by atoms with Gasteiger partial charge in [-0.1, -0.05) is 29.6 Å². The maximum Gasteiger partial charge on any atom is 0.138 e. The van der Waals surface area contributed by atoms with Crippen molar-refractivity contribution >= 4 is 23.2 Å². The van der Waals surface area contributed by atoms with Crippen molar-refractivity contribution in [3.05, 3.63) is 27.7 Å². The highest BCUT2D eigenvalue weighted by molar-refractivity contribution is 6.35. The Balaban J connectivity index is 1.83. The SMILES string of the molecule is CC(CNCc1cc(Cl)cc(Cl)c1O)N1CCCCC1. The van der Waals surface area contributed by atoms with Crippen LogP contribution in [-0.2, 0) is 6.54 Å². The fourth-order valence-electron chi connectivity index (χ4n) is 2.66. The summed E-state index contributed by atoms with van der Waals surface area (Å²) in [6, 6.07) is 3.81. The number of aromatic hydroxyl groups is 1. The van der Waals surface area contributed by atoms with Crippen LogP contribution in [0.3, 0.4) is 0 Å². The van der Waals surface area contributed by atoms with E-state index in [1.807, 2.05) is 0 Å². The molecule has 0 amide bonds. The first kappa shape index (κ1) is 15.9. The Bertz CT molecular complexity index is 448. The van der Waals surface area contributed by atoms with Gasteiger partial charge in [0.25, 0.3) is 0 Å². The second-order valence-electron chi connectivity index (χ2n) is 5.47. The van der Waals surface area contributed by atoms with E-state index in [0.29, 0.717) is 22.6 Å². The monoisotopic (exact) mass is 316 g/mol. The maximum absolute atomic E-state index is 9.89. The number of phenolic OH excluding ortho intramolecular Hbond substituents is 1. The lowest BCUT2D eigenvalue weighted by Gasteiger charge is -2.32. The first-order valence-corrected chi connectivity index (χ1v) is 7.95. The summed E-state index contributed by atoms with van der Waals surface area (Å²) in [5, 5.41) is 14.1. The predicted octanol–water partition coefficient (Wildman–Crippen LogP) is 3.66. The number of hydrogen-bond acceptors (Lipinski definition) is 3. The summed E-state index contributed by atoms with van der Waals surface area (Å²) in [4.78, 5) is 2.52. The molecule has 1 aromatic carbocycles. The van der Waals surface area contributed by atoms with Gasteiger partial charge in [0.15, 0.2) is 0 Å². The lowest BCUT2D eigenvalue weighted by atomic mass is 10.1. The summed E-state index contributed by atoms with van der Waals surface area (Å²) < 4.78 is 0. The van der Waals surface area contributed by atoms with Crippen molar-refractivity contribution in [2.24, 2.45) is 0 Å². The highest BCUT2D eigenvalue weighted by Crippen LogP contribution is 2.30. The topological polar surface area (TPSA) is 35.5 Å². The zero-order valence-corrected chi connectivity index (χ0v) is 13.3. The molecule has 2 rings (SSSR count). The molecule has 0 saturated carbocycles. The molecule has 20 heavy (non-hydrogen) atoms. The molecule has 5 heteroatoms. The molecule has 1 fully saturated rings. The van der Waals surface area contributed by atoms with Gasteiger partial charge in [-0.25, -0.2) is 0 Å². The average Bonchev–Trinajstić information content (AvgIpc) is 2.44. The molecule has 0 bridgehead atoms. The van der Waals surface area contributed by atoms with E-state index in [4.69, 9.17) is 23.2 Å². The van der Waals surface area contributed by atoms with Gasteiger partial charge >= 0.3 is 0 Å². The maximum atomic E-state index is 9.89. The molecule has 0 radical (unpaired) electrons. The van der Waals surface area contributed by atoms with E-state index in [2.05, 4.69) is 17.1 Å². The summed E-state index contributed by atoms with van der Waals surface area (Å²) in [5.74, 6) is 0.120. The van der Waals surface area contributed by atoms with Crippen molar-refractivity contribution in [1.29, 1.82) is 0 Å². The van der Waals surface area contributed by atoms with E-state index in [1.165, 1.54) is 32.4 Å². The molecule has 1 aliphatic rings. The number of phenols is 1. The van der Waals surface area contributed by atoms with E-state index >= 15 is 0 Å². The Morgan fingerprint density at radius 1 is 1.25 bits per heavy atom. The van der Waals surface area contributed by atoms with E-state index < -0.39 is 0 Å². The van der Waals surface area contributed by atoms with Crippen LogP contribution in [0.4, 0.5) is 0 Å². The quantitative estimate of drug-likeness (QED) is 0.870. The zero-order valence-electron chi connectivity index (χ0n) is 11.8. The van der Waals surface area contributed by atoms with Gasteiger partial charge in [0.1, 0.15) is 5.75 Å². The highest BCUT2D eigenvalue weighted by Gasteiger charge is 2.16. The third-order valence-electron chi connectivity index (χ3n) is 3.88. The lowest BCUT2D eigenvalue weighted by Crippen LogP contribution is -2.42. The largest absolute Gasteiger partial charge is 0.506 e. The van der Waals surface area contributed by atoms with Gasteiger partial charge in [-0.15, -0.1) is 0 Å². The first-order valence-electron chi connectivity index (χ1n) is 7.19. The summed E-state index contributed by atoms with van der Waals surface area (Å²) in [6.07, 6.45) is 3.95. The fourth-order valence-corrected chi connectivity index (χ4v) is 3.19. The zero-order chi connectivity index (χ0) is 14.5. The van der Waals surface area contributed by atoms with Gasteiger partial charge < -0.3 is 10.4 Å². The van der Waals surface area contributed by atoms with Crippen LogP contribution in [0, 0.1) is 0 Å². The molecule has 1 aliphatic heterocycles. The highest BCUT2D eigenvalue weighted by atomic mass is 35.5. The van der Waals surface area contributed by atoms with Crippen molar-refractivity contribution in [2.45, 2.75) is 38.8 Å². The molecule has 1 heterocycles. The molecule has 2 N–H and O–H groups in total. The van der Waals surface area contributed by atoms with Gasteiger partial charge in [-0.3, -0.25) is 4.90 Å². The first-order chi connectivity index (χ1) is 9.58. The molecule has 1 aromatic rings. The number of piperidine rings is 1. The smallest absolute Gasteiger partial charge is 0.138 e. The third kappa shape index (κ3) is 4.26. The number of benzene rings is 1. The summed E-state index contributed by atoms with van der Waals surface area (Å²) >= 11 is 11.9. The summed E-state index contributed by atoms with van der Waals surface area (Å²) in [6.45, 7) is 6.09. The minimum absolute atomic E-state index is 0.120. The number of nitrogens with one attached hydrogen (secondary N) is 1. The minimum Gasteiger partial charge on any atom is -0.506 e. The van der Waals surface area contributed by atoms with Gasteiger partial charge in [0.05, 0.1) is 5.02 Å². The van der Waals surface area contributed by atoms with Crippen LogP contribution in [-0.4, -0.2) is 35.7 Å². The van der Waals surface area contributed by atoms with E-state index in [9.17, 15) is 5.11 Å². The van der Waals surface area contributed by atoms with Gasteiger partial charge in [0.2, 0.25) is 0 Å². The fraction of sp³-hybridized carbons (Fsp3) is 0.600.